The van der Waals surface area contributed by atoms with Crippen LogP contribution in [-0.4, -0.2) is 38.9 Å². The molecule has 0 aromatic heterocycles. The van der Waals surface area contributed by atoms with Crippen molar-refractivity contribution in [2.75, 3.05) is 20.2 Å². The summed E-state index contributed by atoms with van der Waals surface area (Å²) in [5, 5.41) is 10.8. The first kappa shape index (κ1) is 17.7. The van der Waals surface area contributed by atoms with Crippen molar-refractivity contribution in [1.29, 1.82) is 0 Å². The van der Waals surface area contributed by atoms with Crippen LogP contribution in [0.1, 0.15) is 26.2 Å². The fraction of sp³-hybridized carbons (Fsp3) is 0.562. The molecule has 0 radical (unpaired) electrons. The van der Waals surface area contributed by atoms with Crippen LogP contribution in [0, 0.1) is 11.8 Å². The van der Waals surface area contributed by atoms with E-state index in [2.05, 4.69) is 0 Å². The zero-order valence-electron chi connectivity index (χ0n) is 13.4. The lowest BCUT2D eigenvalue weighted by Gasteiger charge is -2.37. The van der Waals surface area contributed by atoms with Crippen molar-refractivity contribution in [1.82, 2.24) is 4.31 Å². The molecule has 1 fully saturated rings. The van der Waals surface area contributed by atoms with E-state index in [4.69, 9.17) is 4.74 Å². The van der Waals surface area contributed by atoms with Gasteiger partial charge in [-0.05, 0) is 48.9 Å². The molecule has 0 saturated carbocycles. The molecule has 1 aromatic rings. The highest BCUT2D eigenvalue weighted by Gasteiger charge is 2.34. The highest BCUT2D eigenvalue weighted by Crippen LogP contribution is 2.32. The molecule has 0 amide bonds. The molecule has 128 valence electrons. The van der Waals surface area contributed by atoms with E-state index in [0.717, 1.165) is 6.42 Å². The van der Waals surface area contributed by atoms with Crippen molar-refractivity contribution in [2.45, 2.75) is 31.1 Å². The predicted octanol–water partition coefficient (Wildman–Crippen LogP) is 0.872. The first-order valence-electron chi connectivity index (χ1n) is 7.72. The molecule has 0 N–H and O–H groups in total. The van der Waals surface area contributed by atoms with E-state index in [1.54, 1.807) is 12.1 Å². The topological polar surface area (TPSA) is 86.7 Å². The Kier molecular flexibility index (Phi) is 5.64. The normalized spacial score (nSPS) is 22.7. The Labute approximate surface area is 137 Å². The molecular weight excluding hydrogens is 318 g/mol. The van der Waals surface area contributed by atoms with Crippen LogP contribution in [0.4, 0.5) is 0 Å². The van der Waals surface area contributed by atoms with Crippen LogP contribution in [0.5, 0.6) is 5.75 Å². The summed E-state index contributed by atoms with van der Waals surface area (Å²) < 4.78 is 32.0. The lowest BCUT2D eigenvalue weighted by molar-refractivity contribution is -0.307. The molecule has 0 spiro atoms. The van der Waals surface area contributed by atoms with Gasteiger partial charge in [0.1, 0.15) is 5.75 Å². The van der Waals surface area contributed by atoms with Crippen molar-refractivity contribution in [3.63, 3.8) is 0 Å². The maximum absolute atomic E-state index is 12.7. The van der Waals surface area contributed by atoms with Gasteiger partial charge in [0.2, 0.25) is 10.0 Å². The number of aliphatic carboxylic acids is 1. The minimum atomic E-state index is -3.57. The lowest BCUT2D eigenvalue weighted by atomic mass is 9.82. The Morgan fingerprint density at radius 1 is 1.30 bits per heavy atom. The summed E-state index contributed by atoms with van der Waals surface area (Å²) in [4.78, 5) is 11.1. The number of sulfonamides is 1. The maximum atomic E-state index is 12.7. The first-order chi connectivity index (χ1) is 10.9. The molecule has 0 aliphatic carbocycles. The Balaban J connectivity index is 2.15. The number of carboxylic acid groups (broad SMARTS) is 1. The number of methoxy groups -OCH3 is 1. The molecule has 1 aliphatic rings. The Morgan fingerprint density at radius 3 is 2.48 bits per heavy atom. The summed E-state index contributed by atoms with van der Waals surface area (Å²) in [5.41, 5.74) is 0. The van der Waals surface area contributed by atoms with Gasteiger partial charge < -0.3 is 14.6 Å². The number of carbonyl (C=O) groups excluding carboxylic acids is 1. The molecule has 0 bridgehead atoms. The molecule has 1 aliphatic heterocycles. The summed E-state index contributed by atoms with van der Waals surface area (Å²) >= 11 is 0. The van der Waals surface area contributed by atoms with Gasteiger partial charge >= 0.3 is 0 Å². The summed E-state index contributed by atoms with van der Waals surface area (Å²) in [6.45, 7) is 2.64. The maximum Gasteiger partial charge on any atom is 0.243 e. The Hall–Kier alpha value is -1.60. The Bertz CT molecular complexity index is 641. The lowest BCUT2D eigenvalue weighted by Crippen LogP contribution is -2.44. The quantitative estimate of drug-likeness (QED) is 0.767. The van der Waals surface area contributed by atoms with Crippen molar-refractivity contribution in [3.05, 3.63) is 24.3 Å². The standard InChI is InChI=1S/C16H23NO5S/c1-3-12-11-17(9-8-13(12)10-16(18)19)23(20,21)15-6-4-14(22-2)5-7-15/h4-7,12-13H,3,8-11H2,1-2H3,(H,18,19)/p-1/t12-,13-/m0/s1. The predicted molar refractivity (Wildman–Crippen MR) is 83.3 cm³/mol. The van der Waals surface area contributed by atoms with Gasteiger partial charge in [0, 0.05) is 19.1 Å². The molecule has 1 saturated heterocycles. The Morgan fingerprint density at radius 2 is 1.96 bits per heavy atom. The van der Waals surface area contributed by atoms with Crippen LogP contribution in [-0.2, 0) is 14.8 Å². The molecule has 2 rings (SSSR count). The molecule has 0 unspecified atom stereocenters. The van der Waals surface area contributed by atoms with Crippen molar-refractivity contribution in [3.8, 4) is 5.75 Å². The van der Waals surface area contributed by atoms with Crippen LogP contribution >= 0.6 is 0 Å². The first-order valence-corrected chi connectivity index (χ1v) is 9.16. The molecule has 2 atom stereocenters. The minimum absolute atomic E-state index is 0.00503. The van der Waals surface area contributed by atoms with Gasteiger partial charge in [-0.3, -0.25) is 0 Å². The van der Waals surface area contributed by atoms with Crippen LogP contribution in [0.3, 0.4) is 0 Å². The minimum Gasteiger partial charge on any atom is -0.550 e. The SMILES string of the molecule is CC[C@H]1CN(S(=O)(=O)c2ccc(OC)cc2)CC[C@H]1CC(=O)[O-]. The number of carboxylic acids is 1. The third-order valence-corrected chi connectivity index (χ3v) is 6.38. The van der Waals surface area contributed by atoms with Crippen molar-refractivity contribution >= 4 is 16.0 Å². The number of hydrogen-bond donors (Lipinski definition) is 0. The number of ether oxygens (including phenoxy) is 1. The second-order valence-corrected chi connectivity index (χ2v) is 7.77. The van der Waals surface area contributed by atoms with E-state index in [1.165, 1.54) is 23.5 Å². The van der Waals surface area contributed by atoms with Gasteiger partial charge in [-0.2, -0.15) is 4.31 Å². The summed E-state index contributed by atoms with van der Waals surface area (Å²) in [6.07, 6.45) is 1.28. The van der Waals surface area contributed by atoms with Gasteiger partial charge in [0.05, 0.1) is 12.0 Å². The van der Waals surface area contributed by atoms with Crippen molar-refractivity contribution in [2.24, 2.45) is 11.8 Å². The van der Waals surface area contributed by atoms with Gasteiger partial charge in [0.25, 0.3) is 0 Å². The fourth-order valence-electron chi connectivity index (χ4n) is 3.11. The van der Waals surface area contributed by atoms with Gasteiger partial charge in [-0.15, -0.1) is 0 Å². The number of nitrogens with zero attached hydrogens (tertiary/aromatic N) is 1. The highest BCUT2D eigenvalue weighted by molar-refractivity contribution is 7.89. The summed E-state index contributed by atoms with van der Waals surface area (Å²) in [6, 6.07) is 6.30. The number of carbonyl (C=O) groups is 1. The van der Waals surface area contributed by atoms with E-state index in [-0.39, 0.29) is 23.2 Å². The number of rotatable bonds is 6. The van der Waals surface area contributed by atoms with Gasteiger partial charge in [0.15, 0.2) is 0 Å². The van der Waals surface area contributed by atoms with E-state index in [0.29, 0.717) is 25.3 Å². The van der Waals surface area contributed by atoms with E-state index in [1.807, 2.05) is 6.92 Å². The average Bonchev–Trinajstić information content (AvgIpc) is 2.54. The fourth-order valence-corrected chi connectivity index (χ4v) is 4.62. The number of hydrogen-bond acceptors (Lipinski definition) is 5. The molecule has 23 heavy (non-hydrogen) atoms. The monoisotopic (exact) mass is 340 g/mol. The average molecular weight is 340 g/mol. The molecule has 1 heterocycles. The zero-order valence-corrected chi connectivity index (χ0v) is 14.2. The third kappa shape index (κ3) is 4.03. The van der Waals surface area contributed by atoms with Gasteiger partial charge in [-0.25, -0.2) is 8.42 Å². The smallest absolute Gasteiger partial charge is 0.243 e. The second kappa shape index (κ2) is 7.31. The van der Waals surface area contributed by atoms with Crippen LogP contribution < -0.4 is 9.84 Å². The summed E-state index contributed by atoms with van der Waals surface area (Å²) in [5.74, 6) is -0.454. The van der Waals surface area contributed by atoms with E-state index in [9.17, 15) is 18.3 Å². The number of piperidine rings is 1. The van der Waals surface area contributed by atoms with Crippen LogP contribution in [0.2, 0.25) is 0 Å². The van der Waals surface area contributed by atoms with Crippen LogP contribution in [0.15, 0.2) is 29.2 Å². The second-order valence-electron chi connectivity index (χ2n) is 5.83. The van der Waals surface area contributed by atoms with Gasteiger partial charge in [-0.1, -0.05) is 13.3 Å². The zero-order chi connectivity index (χ0) is 17.0. The van der Waals surface area contributed by atoms with Crippen molar-refractivity contribution < 1.29 is 23.1 Å². The highest BCUT2D eigenvalue weighted by atomic mass is 32.2. The molecule has 7 heteroatoms. The molecule has 6 nitrogen and oxygen atoms in total. The van der Waals surface area contributed by atoms with Crippen LogP contribution in [0.25, 0.3) is 0 Å². The largest absolute Gasteiger partial charge is 0.550 e. The molecular formula is C16H22NO5S-. The third-order valence-electron chi connectivity index (χ3n) is 4.50. The molecule has 1 aromatic carbocycles. The van der Waals surface area contributed by atoms with E-state index < -0.39 is 16.0 Å². The summed E-state index contributed by atoms with van der Waals surface area (Å²) in [7, 11) is -2.04. The number of benzene rings is 1. The van der Waals surface area contributed by atoms with E-state index >= 15 is 0 Å².